The Balaban J connectivity index is 1.67. The summed E-state index contributed by atoms with van der Waals surface area (Å²) in [6, 6.07) is 11.5. The van der Waals surface area contributed by atoms with Crippen molar-refractivity contribution in [1.29, 1.82) is 0 Å². The topological polar surface area (TPSA) is 68.8 Å². The smallest absolute Gasteiger partial charge is 0.319 e. The molecule has 0 bridgehead atoms. The monoisotopic (exact) mass is 342 g/mol. The third kappa shape index (κ3) is 3.63. The van der Waals surface area contributed by atoms with Crippen LogP contribution >= 0.6 is 0 Å². The zero-order valence-corrected chi connectivity index (χ0v) is 14.6. The summed E-state index contributed by atoms with van der Waals surface area (Å²) in [4.78, 5) is 12.3. The lowest BCUT2D eigenvalue weighted by Crippen LogP contribution is -2.38. The Morgan fingerprint density at radius 1 is 0.960 bits per heavy atom. The van der Waals surface area contributed by atoms with E-state index in [2.05, 4.69) is 22.8 Å². The first-order chi connectivity index (χ1) is 12.1. The summed E-state index contributed by atoms with van der Waals surface area (Å²) in [7, 11) is 4.62. The molecule has 0 atom stereocenters. The van der Waals surface area contributed by atoms with Gasteiger partial charge in [0, 0.05) is 18.2 Å². The second-order valence-corrected chi connectivity index (χ2v) is 5.89. The molecule has 132 valence electrons. The largest absolute Gasteiger partial charge is 0.493 e. The van der Waals surface area contributed by atoms with Gasteiger partial charge in [-0.3, -0.25) is 0 Å². The second-order valence-electron chi connectivity index (χ2n) is 5.89. The third-order valence-corrected chi connectivity index (χ3v) is 4.31. The molecule has 0 radical (unpaired) electrons. The Bertz CT molecular complexity index is 726. The average molecular weight is 342 g/mol. The van der Waals surface area contributed by atoms with Crippen molar-refractivity contribution in [2.24, 2.45) is 0 Å². The fraction of sp³-hybridized carbons (Fsp3) is 0.316. The Labute approximate surface area is 147 Å². The number of urea groups is 1. The van der Waals surface area contributed by atoms with E-state index in [0.29, 0.717) is 22.9 Å². The molecule has 2 N–H and O–H groups in total. The lowest BCUT2D eigenvalue weighted by atomic mass is 10.1. The molecule has 0 spiro atoms. The molecular formula is C19H22N2O4. The normalized spacial score (nSPS) is 13.1. The summed E-state index contributed by atoms with van der Waals surface area (Å²) in [5, 5.41) is 5.85. The molecule has 0 aromatic heterocycles. The number of amides is 2. The van der Waals surface area contributed by atoms with Crippen molar-refractivity contribution in [3.05, 3.63) is 47.5 Å². The molecule has 6 heteroatoms. The molecule has 2 amide bonds. The fourth-order valence-corrected chi connectivity index (χ4v) is 3.17. The van der Waals surface area contributed by atoms with Crippen LogP contribution in [0.4, 0.5) is 10.5 Å². The minimum absolute atomic E-state index is 0.0967. The van der Waals surface area contributed by atoms with Crippen molar-refractivity contribution in [2.45, 2.75) is 18.9 Å². The molecule has 1 aliphatic carbocycles. The summed E-state index contributed by atoms with van der Waals surface area (Å²) in [6.45, 7) is 0. The van der Waals surface area contributed by atoms with E-state index in [-0.39, 0.29) is 12.1 Å². The van der Waals surface area contributed by atoms with E-state index < -0.39 is 0 Å². The van der Waals surface area contributed by atoms with E-state index in [1.165, 1.54) is 32.5 Å². The number of carbonyl (C=O) groups excluding carboxylic acids is 1. The molecule has 6 nitrogen and oxygen atoms in total. The number of anilines is 1. The number of methoxy groups -OCH3 is 3. The zero-order chi connectivity index (χ0) is 17.8. The predicted octanol–water partition coefficient (Wildman–Crippen LogP) is 3.00. The van der Waals surface area contributed by atoms with Gasteiger partial charge in [0.25, 0.3) is 0 Å². The molecule has 25 heavy (non-hydrogen) atoms. The molecule has 3 rings (SSSR count). The van der Waals surface area contributed by atoms with Gasteiger partial charge in [0.2, 0.25) is 5.75 Å². The summed E-state index contributed by atoms with van der Waals surface area (Å²) in [5.74, 6) is 1.47. The maximum Gasteiger partial charge on any atom is 0.319 e. The average Bonchev–Trinajstić information content (AvgIpc) is 3.02. The van der Waals surface area contributed by atoms with E-state index in [0.717, 1.165) is 12.8 Å². The standard InChI is InChI=1S/C19H22N2O4/c1-23-16-10-15(11-17(24-2)18(16)25-3)21-19(22)20-14-8-12-6-4-5-7-13(12)9-14/h4-7,10-11,14H,8-9H2,1-3H3,(H2,20,21,22). The number of ether oxygens (including phenoxy) is 3. The van der Waals surface area contributed by atoms with Gasteiger partial charge in [0.05, 0.1) is 27.0 Å². The van der Waals surface area contributed by atoms with Crippen molar-refractivity contribution in [3.63, 3.8) is 0 Å². The first kappa shape index (κ1) is 17.0. The zero-order valence-electron chi connectivity index (χ0n) is 14.6. The van der Waals surface area contributed by atoms with Gasteiger partial charge < -0.3 is 24.8 Å². The highest BCUT2D eigenvalue weighted by Gasteiger charge is 2.22. The van der Waals surface area contributed by atoms with E-state index in [1.54, 1.807) is 12.1 Å². The van der Waals surface area contributed by atoms with Crippen molar-refractivity contribution in [2.75, 3.05) is 26.6 Å². The maximum absolute atomic E-state index is 12.3. The highest BCUT2D eigenvalue weighted by molar-refractivity contribution is 5.90. The Hall–Kier alpha value is -2.89. The van der Waals surface area contributed by atoms with Crippen molar-refractivity contribution in [3.8, 4) is 17.2 Å². The van der Waals surface area contributed by atoms with Gasteiger partial charge in [-0.1, -0.05) is 24.3 Å². The summed E-state index contributed by atoms with van der Waals surface area (Å²) < 4.78 is 15.9. The minimum atomic E-state index is -0.257. The number of fused-ring (bicyclic) bond motifs is 1. The molecule has 0 saturated heterocycles. The molecule has 0 aliphatic heterocycles. The molecule has 0 heterocycles. The number of nitrogens with one attached hydrogen (secondary N) is 2. The van der Waals surface area contributed by atoms with Crippen LogP contribution in [-0.4, -0.2) is 33.4 Å². The minimum Gasteiger partial charge on any atom is -0.493 e. The fourth-order valence-electron chi connectivity index (χ4n) is 3.17. The molecule has 0 fully saturated rings. The molecular weight excluding hydrogens is 320 g/mol. The van der Waals surface area contributed by atoms with E-state index in [1.807, 2.05) is 12.1 Å². The van der Waals surface area contributed by atoms with Crippen LogP contribution in [0.5, 0.6) is 17.2 Å². The van der Waals surface area contributed by atoms with Crippen LogP contribution in [0.2, 0.25) is 0 Å². The van der Waals surface area contributed by atoms with Gasteiger partial charge in [0.15, 0.2) is 11.5 Å². The molecule has 0 saturated carbocycles. The van der Waals surface area contributed by atoms with E-state index in [4.69, 9.17) is 14.2 Å². The number of benzene rings is 2. The lowest BCUT2D eigenvalue weighted by Gasteiger charge is -2.16. The maximum atomic E-state index is 12.3. The second kappa shape index (κ2) is 7.34. The van der Waals surface area contributed by atoms with Gasteiger partial charge >= 0.3 is 6.03 Å². The van der Waals surface area contributed by atoms with Crippen LogP contribution in [0.3, 0.4) is 0 Å². The molecule has 1 aliphatic rings. The third-order valence-electron chi connectivity index (χ3n) is 4.31. The Kier molecular flexibility index (Phi) is 4.97. The van der Waals surface area contributed by atoms with Crippen molar-refractivity contribution < 1.29 is 19.0 Å². The summed E-state index contributed by atoms with van der Waals surface area (Å²) >= 11 is 0. The van der Waals surface area contributed by atoms with E-state index in [9.17, 15) is 4.79 Å². The first-order valence-corrected chi connectivity index (χ1v) is 8.09. The number of hydrogen-bond donors (Lipinski definition) is 2. The molecule has 2 aromatic rings. The highest BCUT2D eigenvalue weighted by Crippen LogP contribution is 2.39. The van der Waals surface area contributed by atoms with Gasteiger partial charge in [0.1, 0.15) is 0 Å². The summed E-state index contributed by atoms with van der Waals surface area (Å²) in [6.07, 6.45) is 1.69. The SMILES string of the molecule is COc1cc(NC(=O)NC2Cc3ccccc3C2)cc(OC)c1OC. The van der Waals surface area contributed by atoms with Gasteiger partial charge in [-0.15, -0.1) is 0 Å². The molecule has 2 aromatic carbocycles. The first-order valence-electron chi connectivity index (χ1n) is 8.09. The van der Waals surface area contributed by atoms with Crippen LogP contribution in [0.25, 0.3) is 0 Å². The van der Waals surface area contributed by atoms with Crippen molar-refractivity contribution in [1.82, 2.24) is 5.32 Å². The number of rotatable bonds is 5. The number of carbonyl (C=O) groups is 1. The van der Waals surface area contributed by atoms with Gasteiger partial charge in [-0.2, -0.15) is 0 Å². The molecule has 0 unspecified atom stereocenters. The van der Waals surface area contributed by atoms with Gasteiger partial charge in [-0.25, -0.2) is 4.79 Å². The Morgan fingerprint density at radius 2 is 1.52 bits per heavy atom. The van der Waals surface area contributed by atoms with Crippen LogP contribution in [0.15, 0.2) is 36.4 Å². The van der Waals surface area contributed by atoms with Crippen LogP contribution in [0, 0.1) is 0 Å². The predicted molar refractivity (Wildman–Crippen MR) is 95.9 cm³/mol. The van der Waals surface area contributed by atoms with Crippen LogP contribution in [0.1, 0.15) is 11.1 Å². The van der Waals surface area contributed by atoms with E-state index >= 15 is 0 Å². The number of hydrogen-bond acceptors (Lipinski definition) is 4. The van der Waals surface area contributed by atoms with Gasteiger partial charge in [-0.05, 0) is 24.0 Å². The van der Waals surface area contributed by atoms with Crippen LogP contribution in [-0.2, 0) is 12.8 Å². The summed E-state index contributed by atoms with van der Waals surface area (Å²) in [5.41, 5.74) is 3.16. The lowest BCUT2D eigenvalue weighted by molar-refractivity contribution is 0.249. The Morgan fingerprint density at radius 3 is 2.00 bits per heavy atom. The quantitative estimate of drug-likeness (QED) is 0.876. The highest BCUT2D eigenvalue weighted by atomic mass is 16.5. The van der Waals surface area contributed by atoms with Crippen LogP contribution < -0.4 is 24.8 Å². The van der Waals surface area contributed by atoms with Crippen molar-refractivity contribution >= 4 is 11.7 Å².